The van der Waals surface area contributed by atoms with Crippen LogP contribution in [0.1, 0.15) is 271 Å². The van der Waals surface area contributed by atoms with Crippen LogP contribution in [0.2, 0.25) is 0 Å². The van der Waals surface area contributed by atoms with Crippen LogP contribution in [0.3, 0.4) is 0 Å². The van der Waals surface area contributed by atoms with Crippen molar-refractivity contribution in [1.29, 1.82) is 0 Å². The van der Waals surface area contributed by atoms with Crippen molar-refractivity contribution in [2.75, 3.05) is 26.4 Å². The molecule has 0 saturated carbocycles. The summed E-state index contributed by atoms with van der Waals surface area (Å²) in [6, 6.07) is -1.47. The van der Waals surface area contributed by atoms with Gasteiger partial charge in [0.25, 0.3) is 0 Å². The summed E-state index contributed by atoms with van der Waals surface area (Å²) in [5.41, 5.74) is 5.38. The molecule has 0 saturated heterocycles. The normalized spacial score (nSPS) is 13.7. The minimum Gasteiger partial charge on any atom is -0.480 e. The molecule has 3 unspecified atom stereocenters. The van der Waals surface area contributed by atoms with E-state index >= 15 is 0 Å². The molecular weight excluding hydrogens is 814 g/mol. The number of esters is 1. The number of carbonyl (C=O) groups excluding carboxylic acids is 1. The lowest BCUT2D eigenvalue weighted by molar-refractivity contribution is -0.154. The second-order valence-electron chi connectivity index (χ2n) is 18.4. The Kier molecular flexibility index (Phi) is 47.6. The second-order valence-corrected chi connectivity index (χ2v) is 19.8. The molecule has 0 bridgehead atoms. The number of carboxylic acid groups (broad SMARTS) is 1. The topological polar surface area (TPSA) is 155 Å². The highest BCUT2D eigenvalue weighted by Gasteiger charge is 2.27. The number of nitrogens with two attached hydrogens (primary N) is 1. The molecule has 0 amide bonds. The SMILES string of the molecule is CCCCCCCCCC/C=C\CCCCCCCCCCCCCCOCC(COP(=O)(O)OCC(N)C(=O)O)OC(=O)CCCCCCCCCCCCCCCCCCC. The van der Waals surface area contributed by atoms with Crippen LogP contribution in [-0.2, 0) is 32.7 Å². The van der Waals surface area contributed by atoms with Gasteiger partial charge in [0.2, 0.25) is 0 Å². The fourth-order valence-corrected chi connectivity index (χ4v) is 8.67. The largest absolute Gasteiger partial charge is 0.480 e. The van der Waals surface area contributed by atoms with Gasteiger partial charge in [-0.1, -0.05) is 238 Å². The third-order valence-corrected chi connectivity index (χ3v) is 13.0. The molecule has 11 heteroatoms. The predicted molar refractivity (Wildman–Crippen MR) is 263 cm³/mol. The zero-order valence-corrected chi connectivity index (χ0v) is 42.1. The number of rotatable bonds is 52. The van der Waals surface area contributed by atoms with Crippen molar-refractivity contribution in [3.05, 3.63) is 12.2 Å². The van der Waals surface area contributed by atoms with E-state index in [0.717, 1.165) is 38.5 Å². The molecule has 0 rings (SSSR count). The molecule has 0 aliphatic heterocycles. The number of phosphoric ester groups is 1. The summed E-state index contributed by atoms with van der Waals surface area (Å²) in [5.74, 6) is -1.76. The number of aliphatic carboxylic acids is 1. The Bertz CT molecular complexity index is 1060. The number of carboxylic acids is 1. The first-order valence-corrected chi connectivity index (χ1v) is 28.2. The molecule has 0 aromatic carbocycles. The van der Waals surface area contributed by atoms with Gasteiger partial charge < -0.3 is 25.2 Å². The summed E-state index contributed by atoms with van der Waals surface area (Å²) in [5, 5.41) is 8.93. The van der Waals surface area contributed by atoms with E-state index in [1.165, 1.54) is 212 Å². The molecule has 0 aromatic heterocycles. The van der Waals surface area contributed by atoms with E-state index in [4.69, 9.17) is 29.4 Å². The maximum atomic E-state index is 12.7. The lowest BCUT2D eigenvalue weighted by Crippen LogP contribution is -2.34. The van der Waals surface area contributed by atoms with Crippen molar-refractivity contribution in [1.82, 2.24) is 0 Å². The van der Waals surface area contributed by atoms with Crippen LogP contribution >= 0.6 is 7.82 Å². The number of unbranched alkanes of at least 4 members (excludes halogenated alkanes) is 36. The van der Waals surface area contributed by atoms with Crippen molar-refractivity contribution in [2.45, 2.75) is 283 Å². The van der Waals surface area contributed by atoms with Crippen molar-refractivity contribution >= 4 is 19.8 Å². The van der Waals surface area contributed by atoms with Crippen molar-refractivity contribution in [3.8, 4) is 0 Å². The monoisotopic (exact) mass is 916 g/mol. The van der Waals surface area contributed by atoms with Gasteiger partial charge in [-0.25, -0.2) is 4.57 Å². The number of phosphoric acid groups is 1. The molecule has 3 atom stereocenters. The van der Waals surface area contributed by atoms with Gasteiger partial charge in [-0.3, -0.25) is 18.6 Å². The van der Waals surface area contributed by atoms with Crippen molar-refractivity contribution < 1.29 is 42.7 Å². The van der Waals surface area contributed by atoms with E-state index in [1.54, 1.807) is 0 Å². The van der Waals surface area contributed by atoms with Gasteiger partial charge in [0.05, 0.1) is 19.8 Å². The van der Waals surface area contributed by atoms with Crippen LogP contribution in [0.25, 0.3) is 0 Å². The predicted octanol–water partition coefficient (Wildman–Crippen LogP) is 15.7. The van der Waals surface area contributed by atoms with E-state index in [-0.39, 0.29) is 13.0 Å². The Hall–Kier alpha value is -1.29. The van der Waals surface area contributed by atoms with Gasteiger partial charge in [-0.05, 0) is 38.5 Å². The molecule has 0 aliphatic carbocycles. The second kappa shape index (κ2) is 48.6. The van der Waals surface area contributed by atoms with E-state index in [1.807, 2.05) is 0 Å². The molecule has 0 aromatic rings. The average Bonchev–Trinajstić information content (AvgIpc) is 3.26. The molecule has 63 heavy (non-hydrogen) atoms. The van der Waals surface area contributed by atoms with Gasteiger partial charge in [0, 0.05) is 13.0 Å². The summed E-state index contributed by atoms with van der Waals surface area (Å²) in [7, 11) is -4.62. The molecule has 0 aliphatic rings. The number of ether oxygens (including phenoxy) is 2. The van der Waals surface area contributed by atoms with Crippen LogP contribution in [0.5, 0.6) is 0 Å². The lowest BCUT2D eigenvalue weighted by Gasteiger charge is -2.20. The van der Waals surface area contributed by atoms with E-state index in [2.05, 4.69) is 26.0 Å². The fraction of sp³-hybridized carbons (Fsp3) is 0.923. The Balaban J connectivity index is 4.05. The molecular formula is C52H102NO9P. The van der Waals surface area contributed by atoms with Crippen LogP contribution in [0.4, 0.5) is 0 Å². The first-order valence-electron chi connectivity index (χ1n) is 26.7. The summed E-state index contributed by atoms with van der Waals surface area (Å²) in [6.07, 6.45) is 54.2. The summed E-state index contributed by atoms with van der Waals surface area (Å²) >= 11 is 0. The van der Waals surface area contributed by atoms with Crippen molar-refractivity contribution in [2.24, 2.45) is 5.73 Å². The van der Waals surface area contributed by atoms with Crippen LogP contribution in [0.15, 0.2) is 12.2 Å². The summed E-state index contributed by atoms with van der Waals surface area (Å²) < 4.78 is 33.5. The highest BCUT2D eigenvalue weighted by Crippen LogP contribution is 2.43. The third-order valence-electron chi connectivity index (χ3n) is 12.0. The molecule has 4 N–H and O–H groups in total. The maximum absolute atomic E-state index is 12.7. The summed E-state index contributed by atoms with van der Waals surface area (Å²) in [4.78, 5) is 33.7. The zero-order chi connectivity index (χ0) is 46.2. The number of hydrogen-bond donors (Lipinski definition) is 3. The quantitative estimate of drug-likeness (QED) is 0.0232. The Morgan fingerprint density at radius 2 is 0.825 bits per heavy atom. The molecule has 0 heterocycles. The van der Waals surface area contributed by atoms with Crippen LogP contribution in [0, 0.1) is 0 Å². The van der Waals surface area contributed by atoms with Crippen molar-refractivity contribution in [3.63, 3.8) is 0 Å². The van der Waals surface area contributed by atoms with E-state index < -0.39 is 45.1 Å². The first kappa shape index (κ1) is 61.7. The molecule has 0 fully saturated rings. The smallest absolute Gasteiger partial charge is 0.472 e. The number of hydrogen-bond acceptors (Lipinski definition) is 8. The average molecular weight is 916 g/mol. The van der Waals surface area contributed by atoms with Gasteiger partial charge in [0.1, 0.15) is 12.1 Å². The summed E-state index contributed by atoms with van der Waals surface area (Å²) in [6.45, 7) is 3.95. The molecule has 0 spiro atoms. The standard InChI is InChI=1S/C52H102NO9P/c1-3-5-7-9-11-13-15-17-19-21-22-23-24-25-26-27-29-31-33-35-37-39-41-43-45-59-46-49(47-60-63(57,58)61-48-50(53)52(55)56)62-51(54)44-42-40-38-36-34-32-30-28-20-18-16-14-12-10-8-6-4-2/h21-22,49-50H,3-20,23-48,53H2,1-2H3,(H,55,56)(H,57,58)/b22-21-. The van der Waals surface area contributed by atoms with E-state index in [9.17, 15) is 19.0 Å². The molecule has 374 valence electrons. The van der Waals surface area contributed by atoms with Gasteiger partial charge in [-0.15, -0.1) is 0 Å². The molecule has 0 radical (unpaired) electrons. The zero-order valence-electron chi connectivity index (χ0n) is 41.2. The third kappa shape index (κ3) is 48.5. The maximum Gasteiger partial charge on any atom is 0.472 e. The number of carbonyl (C=O) groups is 2. The Morgan fingerprint density at radius 1 is 0.492 bits per heavy atom. The van der Waals surface area contributed by atoms with Crippen LogP contribution < -0.4 is 5.73 Å². The van der Waals surface area contributed by atoms with Gasteiger partial charge in [0.15, 0.2) is 0 Å². The van der Waals surface area contributed by atoms with Crippen LogP contribution in [-0.4, -0.2) is 60.5 Å². The first-order chi connectivity index (χ1) is 30.7. The highest BCUT2D eigenvalue weighted by atomic mass is 31.2. The minimum atomic E-state index is -4.62. The lowest BCUT2D eigenvalue weighted by atomic mass is 10.0. The minimum absolute atomic E-state index is 0.0233. The van der Waals surface area contributed by atoms with E-state index in [0.29, 0.717) is 6.61 Å². The van der Waals surface area contributed by atoms with Gasteiger partial charge >= 0.3 is 19.8 Å². The fourth-order valence-electron chi connectivity index (χ4n) is 7.90. The highest BCUT2D eigenvalue weighted by molar-refractivity contribution is 7.47. The number of allylic oxidation sites excluding steroid dienone is 2. The van der Waals surface area contributed by atoms with Gasteiger partial charge in [-0.2, -0.15) is 0 Å². The Morgan fingerprint density at radius 3 is 1.21 bits per heavy atom. The molecule has 10 nitrogen and oxygen atoms in total. The Labute approximate surface area is 388 Å².